The van der Waals surface area contributed by atoms with Crippen molar-refractivity contribution >= 4 is 16.9 Å². The molecular formula is C12H12O5. The number of aromatic hydroxyl groups is 2. The largest absolute Gasteiger partial charge is 0.504 e. The maximum atomic E-state index is 11.6. The lowest BCUT2D eigenvalue weighted by atomic mass is 10.1. The molecule has 0 aliphatic rings. The van der Waals surface area contributed by atoms with Gasteiger partial charge in [-0.05, 0) is 19.9 Å². The first-order valence-corrected chi connectivity index (χ1v) is 5.00. The smallest absolute Gasteiger partial charge is 0.342 e. The van der Waals surface area contributed by atoms with Gasteiger partial charge in [-0.3, -0.25) is 0 Å². The number of methoxy groups -OCH3 is 1. The summed E-state index contributed by atoms with van der Waals surface area (Å²) in [5.74, 6) is -0.686. The number of furan rings is 1. The molecule has 90 valence electrons. The van der Waals surface area contributed by atoms with Crippen LogP contribution >= 0.6 is 0 Å². The summed E-state index contributed by atoms with van der Waals surface area (Å²) in [4.78, 5) is 11.6. The van der Waals surface area contributed by atoms with Crippen LogP contribution in [0.2, 0.25) is 0 Å². The van der Waals surface area contributed by atoms with Gasteiger partial charge < -0.3 is 19.4 Å². The zero-order valence-corrected chi connectivity index (χ0v) is 9.70. The van der Waals surface area contributed by atoms with Crippen molar-refractivity contribution in [2.75, 3.05) is 7.11 Å². The van der Waals surface area contributed by atoms with E-state index >= 15 is 0 Å². The minimum atomic E-state index is -0.536. The normalized spacial score (nSPS) is 10.8. The molecule has 0 bridgehead atoms. The van der Waals surface area contributed by atoms with Gasteiger partial charge in [-0.15, -0.1) is 0 Å². The summed E-state index contributed by atoms with van der Waals surface area (Å²) in [6.07, 6.45) is 0. The average molecular weight is 236 g/mol. The Morgan fingerprint density at radius 3 is 2.59 bits per heavy atom. The Morgan fingerprint density at radius 2 is 2.00 bits per heavy atom. The lowest BCUT2D eigenvalue weighted by Crippen LogP contribution is -2.01. The van der Waals surface area contributed by atoms with Crippen LogP contribution in [0, 0.1) is 13.8 Å². The third-order valence-corrected chi connectivity index (χ3v) is 2.73. The molecule has 2 N–H and O–H groups in total. The third-order valence-electron chi connectivity index (χ3n) is 2.73. The van der Waals surface area contributed by atoms with Gasteiger partial charge >= 0.3 is 5.97 Å². The standard InChI is InChI=1S/C12H12O5/c1-5-10(14)8(13)4-7-9(12(15)16-3)6(2)17-11(5)7/h4,13-14H,1-3H3. The van der Waals surface area contributed by atoms with Crippen molar-refractivity contribution in [3.8, 4) is 11.5 Å². The van der Waals surface area contributed by atoms with Gasteiger partial charge in [0.1, 0.15) is 16.9 Å². The zero-order chi connectivity index (χ0) is 12.7. The molecule has 0 unspecified atom stereocenters. The maximum absolute atomic E-state index is 11.6. The van der Waals surface area contributed by atoms with Crippen LogP contribution in [0.15, 0.2) is 10.5 Å². The first-order valence-electron chi connectivity index (χ1n) is 5.00. The fourth-order valence-electron chi connectivity index (χ4n) is 1.84. The Morgan fingerprint density at radius 1 is 1.35 bits per heavy atom. The predicted octanol–water partition coefficient (Wildman–Crippen LogP) is 2.25. The van der Waals surface area contributed by atoms with E-state index in [9.17, 15) is 15.0 Å². The number of aryl methyl sites for hydroxylation is 2. The van der Waals surface area contributed by atoms with E-state index in [1.54, 1.807) is 13.8 Å². The lowest BCUT2D eigenvalue weighted by molar-refractivity contribution is 0.0601. The fourth-order valence-corrected chi connectivity index (χ4v) is 1.84. The van der Waals surface area contributed by atoms with Crippen LogP contribution in [0.3, 0.4) is 0 Å². The second kappa shape index (κ2) is 3.69. The number of carbonyl (C=O) groups excluding carboxylic acids is 1. The minimum absolute atomic E-state index is 0.248. The second-order valence-corrected chi connectivity index (χ2v) is 3.77. The SMILES string of the molecule is COC(=O)c1c(C)oc2c(C)c(O)c(O)cc12. The summed E-state index contributed by atoms with van der Waals surface area (Å²) in [6, 6.07) is 1.29. The van der Waals surface area contributed by atoms with E-state index in [1.807, 2.05) is 0 Å². The molecule has 0 saturated carbocycles. The molecule has 5 heteroatoms. The molecule has 2 aromatic rings. The van der Waals surface area contributed by atoms with E-state index in [1.165, 1.54) is 13.2 Å². The van der Waals surface area contributed by atoms with E-state index in [-0.39, 0.29) is 17.1 Å². The molecular weight excluding hydrogens is 224 g/mol. The molecule has 2 rings (SSSR count). The van der Waals surface area contributed by atoms with Crippen LogP contribution < -0.4 is 0 Å². The third kappa shape index (κ3) is 1.51. The van der Waals surface area contributed by atoms with Gasteiger partial charge in [0.2, 0.25) is 0 Å². The Labute approximate surface area is 97.2 Å². The highest BCUT2D eigenvalue weighted by molar-refractivity contribution is 6.06. The van der Waals surface area contributed by atoms with E-state index in [4.69, 9.17) is 4.42 Å². The molecule has 0 aliphatic carbocycles. The molecule has 0 fully saturated rings. The average Bonchev–Trinajstić information content (AvgIpc) is 2.62. The number of hydrogen-bond acceptors (Lipinski definition) is 5. The molecule has 1 aromatic heterocycles. The monoisotopic (exact) mass is 236 g/mol. The molecule has 17 heavy (non-hydrogen) atoms. The number of phenolic OH excluding ortho intramolecular Hbond substituents is 2. The summed E-state index contributed by atoms with van der Waals surface area (Å²) >= 11 is 0. The number of hydrogen-bond donors (Lipinski definition) is 2. The Hall–Kier alpha value is -2.17. The zero-order valence-electron chi connectivity index (χ0n) is 9.70. The summed E-state index contributed by atoms with van der Waals surface area (Å²) in [5.41, 5.74) is 1.03. The highest BCUT2D eigenvalue weighted by atomic mass is 16.5. The van der Waals surface area contributed by atoms with E-state index < -0.39 is 5.97 Å². The molecule has 0 atom stereocenters. The van der Waals surface area contributed by atoms with E-state index in [0.717, 1.165) is 0 Å². The summed E-state index contributed by atoms with van der Waals surface area (Å²) in [5, 5.41) is 19.5. The van der Waals surface area contributed by atoms with Gasteiger partial charge in [0, 0.05) is 10.9 Å². The van der Waals surface area contributed by atoms with Crippen LogP contribution in [0.1, 0.15) is 21.7 Å². The Bertz CT molecular complexity index is 609. The van der Waals surface area contributed by atoms with Crippen molar-refractivity contribution in [1.29, 1.82) is 0 Å². The highest BCUT2D eigenvalue weighted by Gasteiger charge is 2.22. The number of fused-ring (bicyclic) bond motifs is 1. The van der Waals surface area contributed by atoms with Crippen molar-refractivity contribution < 1.29 is 24.2 Å². The molecule has 1 heterocycles. The second-order valence-electron chi connectivity index (χ2n) is 3.77. The molecule has 0 saturated heterocycles. The van der Waals surface area contributed by atoms with Crippen LogP contribution in [0.4, 0.5) is 0 Å². The number of esters is 1. The lowest BCUT2D eigenvalue weighted by Gasteiger charge is -2.02. The van der Waals surface area contributed by atoms with Crippen LogP contribution in [0.25, 0.3) is 11.0 Å². The van der Waals surface area contributed by atoms with Crippen LogP contribution in [-0.4, -0.2) is 23.3 Å². The number of benzene rings is 1. The number of phenols is 2. The van der Waals surface area contributed by atoms with Gasteiger partial charge in [-0.25, -0.2) is 4.79 Å². The molecule has 5 nitrogen and oxygen atoms in total. The van der Waals surface area contributed by atoms with Crippen LogP contribution in [-0.2, 0) is 4.74 Å². The summed E-state index contributed by atoms with van der Waals surface area (Å²) in [7, 11) is 1.27. The molecule has 0 amide bonds. The minimum Gasteiger partial charge on any atom is -0.504 e. The maximum Gasteiger partial charge on any atom is 0.342 e. The van der Waals surface area contributed by atoms with Gasteiger partial charge in [-0.2, -0.15) is 0 Å². The Kier molecular flexibility index (Phi) is 2.46. The van der Waals surface area contributed by atoms with E-state index in [0.29, 0.717) is 22.3 Å². The number of carbonyl (C=O) groups is 1. The van der Waals surface area contributed by atoms with Crippen molar-refractivity contribution in [3.05, 3.63) is 23.0 Å². The quantitative estimate of drug-likeness (QED) is 0.586. The summed E-state index contributed by atoms with van der Waals surface area (Å²) < 4.78 is 10.1. The first kappa shape index (κ1) is 11.3. The summed E-state index contributed by atoms with van der Waals surface area (Å²) in [6.45, 7) is 3.22. The van der Waals surface area contributed by atoms with Crippen LogP contribution in [0.5, 0.6) is 11.5 Å². The predicted molar refractivity (Wildman–Crippen MR) is 60.4 cm³/mol. The van der Waals surface area contributed by atoms with Crippen molar-refractivity contribution in [2.24, 2.45) is 0 Å². The van der Waals surface area contributed by atoms with Gasteiger partial charge in [0.05, 0.1) is 7.11 Å². The van der Waals surface area contributed by atoms with Gasteiger partial charge in [0.15, 0.2) is 11.5 Å². The van der Waals surface area contributed by atoms with E-state index in [2.05, 4.69) is 4.74 Å². The van der Waals surface area contributed by atoms with Crippen molar-refractivity contribution in [1.82, 2.24) is 0 Å². The van der Waals surface area contributed by atoms with Gasteiger partial charge in [0.25, 0.3) is 0 Å². The highest BCUT2D eigenvalue weighted by Crippen LogP contribution is 2.38. The Balaban J connectivity index is 2.88. The first-order chi connectivity index (χ1) is 7.97. The number of ether oxygens (including phenoxy) is 1. The topological polar surface area (TPSA) is 79.9 Å². The van der Waals surface area contributed by atoms with Gasteiger partial charge in [-0.1, -0.05) is 0 Å². The fraction of sp³-hybridized carbons (Fsp3) is 0.250. The molecule has 0 spiro atoms. The molecule has 1 aromatic carbocycles. The molecule has 0 aliphatic heterocycles. The molecule has 0 radical (unpaired) electrons. The van der Waals surface area contributed by atoms with Crippen molar-refractivity contribution in [3.63, 3.8) is 0 Å². The number of rotatable bonds is 1. The van der Waals surface area contributed by atoms with Crippen molar-refractivity contribution in [2.45, 2.75) is 13.8 Å².